The summed E-state index contributed by atoms with van der Waals surface area (Å²) in [7, 11) is 0. The second-order valence-corrected chi connectivity index (χ2v) is 5.08. The molecule has 0 aliphatic carbocycles. The third-order valence-electron chi connectivity index (χ3n) is 3.56. The highest BCUT2D eigenvalue weighted by molar-refractivity contribution is 5.56. The van der Waals surface area contributed by atoms with Gasteiger partial charge in [0.05, 0.1) is 17.9 Å². The molecular weight excluding hydrogens is 256 g/mol. The molecule has 0 N–H and O–H groups in total. The van der Waals surface area contributed by atoms with E-state index in [-0.39, 0.29) is 5.92 Å². The fraction of sp³-hybridized carbons (Fsp3) is 0.357. The Morgan fingerprint density at radius 3 is 3.05 bits per heavy atom. The molecule has 0 unspecified atom stereocenters. The average Bonchev–Trinajstić information content (AvgIpc) is 3.17. The van der Waals surface area contributed by atoms with Crippen LogP contribution in [-0.4, -0.2) is 32.7 Å². The fourth-order valence-corrected chi connectivity index (χ4v) is 2.50. The Balaban J connectivity index is 1.71. The van der Waals surface area contributed by atoms with Crippen LogP contribution < -0.4 is 0 Å². The molecule has 1 aliphatic rings. The van der Waals surface area contributed by atoms with Crippen molar-refractivity contribution in [2.75, 3.05) is 13.2 Å². The second-order valence-electron chi connectivity index (χ2n) is 5.08. The fourth-order valence-electron chi connectivity index (χ4n) is 2.50. The molecule has 6 nitrogen and oxygen atoms in total. The van der Waals surface area contributed by atoms with Gasteiger partial charge in [-0.1, -0.05) is 5.16 Å². The minimum absolute atomic E-state index is 0.256. The third kappa shape index (κ3) is 1.89. The first-order chi connectivity index (χ1) is 9.79. The summed E-state index contributed by atoms with van der Waals surface area (Å²) in [6.07, 6.45) is 4.89. The summed E-state index contributed by atoms with van der Waals surface area (Å²) in [5.41, 5.74) is 2.79. The van der Waals surface area contributed by atoms with E-state index in [0.29, 0.717) is 12.5 Å². The van der Waals surface area contributed by atoms with Gasteiger partial charge in [0.15, 0.2) is 5.82 Å². The van der Waals surface area contributed by atoms with E-state index >= 15 is 0 Å². The number of hydrogen-bond acceptors (Lipinski definition) is 5. The molecule has 0 radical (unpaired) electrons. The van der Waals surface area contributed by atoms with Crippen LogP contribution in [0, 0.1) is 6.92 Å². The molecule has 0 saturated carbocycles. The number of nitrogens with zero attached hydrogens (tertiary/aromatic N) is 4. The zero-order valence-electron chi connectivity index (χ0n) is 11.1. The van der Waals surface area contributed by atoms with Crippen LogP contribution >= 0.6 is 0 Å². The van der Waals surface area contributed by atoms with Crippen molar-refractivity contribution in [2.24, 2.45) is 0 Å². The smallest absolute Gasteiger partial charge is 0.259 e. The molecule has 1 atom stereocenters. The predicted molar refractivity (Wildman–Crippen MR) is 71.4 cm³/mol. The van der Waals surface area contributed by atoms with Crippen LogP contribution in [0.1, 0.15) is 23.9 Å². The summed E-state index contributed by atoms with van der Waals surface area (Å²) < 4.78 is 12.7. The molecule has 20 heavy (non-hydrogen) atoms. The maximum Gasteiger partial charge on any atom is 0.259 e. The zero-order valence-corrected chi connectivity index (χ0v) is 11.1. The maximum atomic E-state index is 5.37. The molecule has 0 bridgehead atoms. The van der Waals surface area contributed by atoms with Gasteiger partial charge in [-0.05, 0) is 25.5 Å². The first kappa shape index (κ1) is 11.6. The minimum Gasteiger partial charge on any atom is -0.381 e. The van der Waals surface area contributed by atoms with Gasteiger partial charge in [-0.3, -0.25) is 0 Å². The highest BCUT2D eigenvalue weighted by Gasteiger charge is 2.23. The van der Waals surface area contributed by atoms with Gasteiger partial charge in [-0.25, -0.2) is 4.98 Å². The normalized spacial score (nSPS) is 18.9. The standard InChI is InChI=1S/C14H14N4O2/c1-9-6-18-7-10(2-3-12(18)15-9)14-16-13(17-20-14)11-4-5-19-8-11/h2-3,6-7,11H,4-5,8H2,1H3/t11-/m0/s1. The lowest BCUT2D eigenvalue weighted by molar-refractivity contribution is 0.192. The third-order valence-corrected chi connectivity index (χ3v) is 3.56. The number of rotatable bonds is 2. The first-order valence-electron chi connectivity index (χ1n) is 6.67. The molecule has 3 aromatic heterocycles. The number of aromatic nitrogens is 4. The molecule has 6 heteroatoms. The topological polar surface area (TPSA) is 65.5 Å². The van der Waals surface area contributed by atoms with Gasteiger partial charge in [0.1, 0.15) is 5.65 Å². The summed E-state index contributed by atoms with van der Waals surface area (Å²) in [4.78, 5) is 8.88. The van der Waals surface area contributed by atoms with Crippen LogP contribution in [0.5, 0.6) is 0 Å². The summed E-state index contributed by atoms with van der Waals surface area (Å²) >= 11 is 0. The molecule has 0 amide bonds. The van der Waals surface area contributed by atoms with Crippen molar-refractivity contribution in [1.82, 2.24) is 19.5 Å². The predicted octanol–water partition coefficient (Wildman–Crippen LogP) is 2.20. The molecule has 4 rings (SSSR count). The van der Waals surface area contributed by atoms with E-state index in [1.54, 1.807) is 0 Å². The lowest BCUT2D eigenvalue weighted by Crippen LogP contribution is -1.99. The number of hydrogen-bond donors (Lipinski definition) is 0. The quantitative estimate of drug-likeness (QED) is 0.714. The Labute approximate surface area is 115 Å². The minimum atomic E-state index is 0.256. The molecule has 0 aromatic carbocycles. The van der Waals surface area contributed by atoms with E-state index in [0.717, 1.165) is 35.8 Å². The summed E-state index contributed by atoms with van der Waals surface area (Å²) in [5.74, 6) is 1.53. The number of imidazole rings is 1. The molecule has 1 aliphatic heterocycles. The monoisotopic (exact) mass is 270 g/mol. The second kappa shape index (κ2) is 4.42. The van der Waals surface area contributed by atoms with Crippen molar-refractivity contribution in [1.29, 1.82) is 0 Å². The van der Waals surface area contributed by atoms with Crippen LogP contribution in [0.3, 0.4) is 0 Å². The molecule has 1 saturated heterocycles. The lowest BCUT2D eigenvalue weighted by atomic mass is 10.1. The van der Waals surface area contributed by atoms with Crippen molar-refractivity contribution in [3.8, 4) is 11.5 Å². The van der Waals surface area contributed by atoms with Gasteiger partial charge < -0.3 is 13.7 Å². The van der Waals surface area contributed by atoms with E-state index in [4.69, 9.17) is 9.26 Å². The van der Waals surface area contributed by atoms with Gasteiger partial charge in [0.2, 0.25) is 0 Å². The Morgan fingerprint density at radius 1 is 1.25 bits per heavy atom. The maximum absolute atomic E-state index is 5.37. The molecule has 1 fully saturated rings. The Bertz CT molecular complexity index is 755. The van der Waals surface area contributed by atoms with E-state index in [9.17, 15) is 0 Å². The van der Waals surface area contributed by atoms with Crippen molar-refractivity contribution in [3.63, 3.8) is 0 Å². The summed E-state index contributed by atoms with van der Waals surface area (Å²) in [6, 6.07) is 3.90. The van der Waals surface area contributed by atoms with E-state index in [1.807, 2.05) is 35.9 Å². The highest BCUT2D eigenvalue weighted by atomic mass is 16.5. The van der Waals surface area contributed by atoms with Gasteiger partial charge in [-0.15, -0.1) is 0 Å². The Kier molecular flexibility index (Phi) is 2.56. The van der Waals surface area contributed by atoms with Gasteiger partial charge in [-0.2, -0.15) is 4.98 Å². The first-order valence-corrected chi connectivity index (χ1v) is 6.67. The SMILES string of the molecule is Cc1cn2cc(-c3nc([C@H]4CCOC4)no3)ccc2n1. The number of ether oxygens (including phenoxy) is 1. The lowest BCUT2D eigenvalue weighted by Gasteiger charge is -1.98. The molecular formula is C14H14N4O2. The molecule has 102 valence electrons. The molecule has 4 heterocycles. The van der Waals surface area contributed by atoms with E-state index < -0.39 is 0 Å². The van der Waals surface area contributed by atoms with E-state index in [2.05, 4.69) is 15.1 Å². The number of aryl methyl sites for hydroxylation is 1. The van der Waals surface area contributed by atoms with Gasteiger partial charge >= 0.3 is 0 Å². The van der Waals surface area contributed by atoms with Crippen LogP contribution in [0.15, 0.2) is 29.0 Å². The summed E-state index contributed by atoms with van der Waals surface area (Å²) in [5, 5.41) is 4.07. The van der Waals surface area contributed by atoms with Crippen molar-refractivity contribution in [2.45, 2.75) is 19.3 Å². The largest absolute Gasteiger partial charge is 0.381 e. The highest BCUT2D eigenvalue weighted by Crippen LogP contribution is 2.25. The van der Waals surface area contributed by atoms with Crippen LogP contribution in [-0.2, 0) is 4.74 Å². The Morgan fingerprint density at radius 2 is 2.20 bits per heavy atom. The Hall–Kier alpha value is -2.21. The average molecular weight is 270 g/mol. The van der Waals surface area contributed by atoms with Gasteiger partial charge in [0, 0.05) is 24.9 Å². The zero-order chi connectivity index (χ0) is 13.5. The van der Waals surface area contributed by atoms with Crippen molar-refractivity contribution >= 4 is 5.65 Å². The van der Waals surface area contributed by atoms with Gasteiger partial charge in [0.25, 0.3) is 5.89 Å². The molecule has 3 aromatic rings. The van der Waals surface area contributed by atoms with Crippen LogP contribution in [0.2, 0.25) is 0 Å². The number of pyridine rings is 1. The van der Waals surface area contributed by atoms with Crippen molar-refractivity contribution < 1.29 is 9.26 Å². The van der Waals surface area contributed by atoms with Crippen LogP contribution in [0.4, 0.5) is 0 Å². The molecule has 0 spiro atoms. The summed E-state index contributed by atoms with van der Waals surface area (Å²) in [6.45, 7) is 3.42. The van der Waals surface area contributed by atoms with Crippen LogP contribution in [0.25, 0.3) is 17.1 Å². The van der Waals surface area contributed by atoms with Crippen molar-refractivity contribution in [3.05, 3.63) is 36.0 Å². The number of fused-ring (bicyclic) bond motifs is 1. The van der Waals surface area contributed by atoms with E-state index in [1.165, 1.54) is 0 Å².